The Morgan fingerprint density at radius 1 is 1.30 bits per heavy atom. The first kappa shape index (κ1) is 16.6. The summed E-state index contributed by atoms with van der Waals surface area (Å²) >= 11 is 1.95. The molecule has 0 saturated carbocycles. The van der Waals surface area contributed by atoms with E-state index >= 15 is 0 Å². The van der Waals surface area contributed by atoms with E-state index in [9.17, 15) is 0 Å². The van der Waals surface area contributed by atoms with Crippen molar-refractivity contribution in [2.45, 2.75) is 44.4 Å². The van der Waals surface area contributed by atoms with Crippen LogP contribution < -0.4 is 0 Å². The number of benzene rings is 1. The zero-order chi connectivity index (χ0) is 16.2. The molecule has 1 fully saturated rings. The SMILES string of the molecule is CSC(C)CN1CCCCC1c1nc(C)c(-c2ccccc2)[nH]1. The highest BCUT2D eigenvalue weighted by molar-refractivity contribution is 7.99. The minimum Gasteiger partial charge on any atom is -0.340 e. The summed E-state index contributed by atoms with van der Waals surface area (Å²) in [7, 11) is 0. The quantitative estimate of drug-likeness (QED) is 0.865. The van der Waals surface area contributed by atoms with Crippen molar-refractivity contribution in [2.75, 3.05) is 19.3 Å². The molecule has 2 aromatic rings. The maximum atomic E-state index is 4.89. The van der Waals surface area contributed by atoms with Gasteiger partial charge in [-0.05, 0) is 38.1 Å². The van der Waals surface area contributed by atoms with E-state index < -0.39 is 0 Å². The predicted octanol–water partition coefficient (Wildman–Crippen LogP) is 4.66. The Balaban J connectivity index is 1.85. The Bertz CT molecular complexity index is 623. The van der Waals surface area contributed by atoms with E-state index in [1.165, 1.54) is 37.1 Å². The number of aromatic nitrogens is 2. The number of aromatic amines is 1. The summed E-state index contributed by atoms with van der Waals surface area (Å²) in [6, 6.07) is 11.0. The number of thioether (sulfide) groups is 1. The molecule has 4 heteroatoms. The van der Waals surface area contributed by atoms with Crippen LogP contribution in [0.3, 0.4) is 0 Å². The normalized spacial score (nSPS) is 20.6. The van der Waals surface area contributed by atoms with Gasteiger partial charge in [0.2, 0.25) is 0 Å². The zero-order valence-electron chi connectivity index (χ0n) is 14.4. The minimum absolute atomic E-state index is 0.439. The third-order valence-corrected chi connectivity index (χ3v) is 5.74. The molecule has 3 rings (SSSR count). The van der Waals surface area contributed by atoms with E-state index in [1.807, 2.05) is 11.8 Å². The fourth-order valence-electron chi connectivity index (χ4n) is 3.45. The lowest BCUT2D eigenvalue weighted by Crippen LogP contribution is -2.37. The van der Waals surface area contributed by atoms with Crippen LogP contribution in [0.5, 0.6) is 0 Å². The lowest BCUT2D eigenvalue weighted by molar-refractivity contribution is 0.145. The van der Waals surface area contributed by atoms with E-state index in [0.717, 1.165) is 18.1 Å². The number of imidazole rings is 1. The Morgan fingerprint density at radius 2 is 2.09 bits per heavy atom. The Morgan fingerprint density at radius 3 is 2.83 bits per heavy atom. The molecule has 0 radical (unpaired) electrons. The number of hydrogen-bond donors (Lipinski definition) is 1. The van der Waals surface area contributed by atoms with Gasteiger partial charge in [-0.2, -0.15) is 11.8 Å². The van der Waals surface area contributed by atoms with Crippen molar-refractivity contribution in [1.82, 2.24) is 14.9 Å². The molecular weight excluding hydrogens is 302 g/mol. The van der Waals surface area contributed by atoms with Gasteiger partial charge in [0.05, 0.1) is 17.4 Å². The van der Waals surface area contributed by atoms with E-state index in [-0.39, 0.29) is 0 Å². The first-order chi connectivity index (χ1) is 11.2. The van der Waals surface area contributed by atoms with Crippen LogP contribution in [0.2, 0.25) is 0 Å². The second-order valence-electron chi connectivity index (χ2n) is 6.50. The van der Waals surface area contributed by atoms with Gasteiger partial charge in [-0.1, -0.05) is 43.7 Å². The van der Waals surface area contributed by atoms with Gasteiger partial charge in [0.25, 0.3) is 0 Å². The summed E-state index contributed by atoms with van der Waals surface area (Å²) in [4.78, 5) is 11.1. The smallest absolute Gasteiger partial charge is 0.124 e. The zero-order valence-corrected chi connectivity index (χ0v) is 15.2. The van der Waals surface area contributed by atoms with Gasteiger partial charge >= 0.3 is 0 Å². The number of nitrogens with one attached hydrogen (secondary N) is 1. The molecular formula is C19H27N3S. The molecule has 1 aliphatic heterocycles. The van der Waals surface area contributed by atoms with E-state index in [0.29, 0.717) is 11.3 Å². The van der Waals surface area contributed by atoms with Crippen molar-refractivity contribution < 1.29 is 0 Å². The molecule has 0 bridgehead atoms. The van der Waals surface area contributed by atoms with Crippen molar-refractivity contribution in [3.05, 3.63) is 41.9 Å². The van der Waals surface area contributed by atoms with E-state index in [1.54, 1.807) is 0 Å². The summed E-state index contributed by atoms with van der Waals surface area (Å²) in [5, 5.41) is 0.667. The molecule has 23 heavy (non-hydrogen) atoms. The van der Waals surface area contributed by atoms with Crippen LogP contribution in [0.15, 0.2) is 30.3 Å². The van der Waals surface area contributed by atoms with Crippen LogP contribution in [0, 0.1) is 6.92 Å². The number of H-pyrrole nitrogens is 1. The Hall–Kier alpha value is -1.26. The molecule has 1 aromatic heterocycles. The molecule has 2 heterocycles. The first-order valence-corrected chi connectivity index (χ1v) is 9.86. The summed E-state index contributed by atoms with van der Waals surface area (Å²) in [6.45, 7) is 6.77. The maximum absolute atomic E-state index is 4.89. The Labute approximate surface area is 143 Å². The number of nitrogens with zero attached hydrogens (tertiary/aromatic N) is 2. The molecule has 0 aliphatic carbocycles. The highest BCUT2D eigenvalue weighted by atomic mass is 32.2. The highest BCUT2D eigenvalue weighted by Gasteiger charge is 2.28. The number of rotatable bonds is 5. The van der Waals surface area contributed by atoms with Crippen LogP contribution >= 0.6 is 11.8 Å². The Kier molecular flexibility index (Phi) is 5.44. The molecule has 3 nitrogen and oxygen atoms in total. The number of hydrogen-bond acceptors (Lipinski definition) is 3. The van der Waals surface area contributed by atoms with Crippen LogP contribution in [-0.4, -0.2) is 39.5 Å². The van der Waals surface area contributed by atoms with Gasteiger partial charge in [0.15, 0.2) is 0 Å². The summed E-state index contributed by atoms with van der Waals surface area (Å²) < 4.78 is 0. The highest BCUT2D eigenvalue weighted by Crippen LogP contribution is 2.32. The van der Waals surface area contributed by atoms with Gasteiger partial charge in [0, 0.05) is 11.8 Å². The summed E-state index contributed by atoms with van der Waals surface area (Å²) in [6.07, 6.45) is 6.02. The molecule has 1 N–H and O–H groups in total. The number of likely N-dealkylation sites (tertiary alicyclic amines) is 1. The van der Waals surface area contributed by atoms with E-state index in [4.69, 9.17) is 4.98 Å². The van der Waals surface area contributed by atoms with Crippen molar-refractivity contribution >= 4 is 11.8 Å². The van der Waals surface area contributed by atoms with Crippen LogP contribution in [0.4, 0.5) is 0 Å². The van der Waals surface area contributed by atoms with Crippen molar-refractivity contribution in [2.24, 2.45) is 0 Å². The largest absolute Gasteiger partial charge is 0.340 e. The molecule has 2 atom stereocenters. The lowest BCUT2D eigenvalue weighted by Gasteiger charge is -2.35. The predicted molar refractivity (Wildman–Crippen MR) is 99.9 cm³/mol. The third-order valence-electron chi connectivity index (χ3n) is 4.79. The lowest BCUT2D eigenvalue weighted by atomic mass is 10.0. The van der Waals surface area contributed by atoms with Gasteiger partial charge < -0.3 is 4.98 Å². The average Bonchev–Trinajstić information content (AvgIpc) is 2.97. The monoisotopic (exact) mass is 329 g/mol. The maximum Gasteiger partial charge on any atom is 0.124 e. The fraction of sp³-hybridized carbons (Fsp3) is 0.526. The topological polar surface area (TPSA) is 31.9 Å². The fourth-order valence-corrected chi connectivity index (χ4v) is 3.79. The molecule has 1 aliphatic rings. The molecule has 0 amide bonds. The molecule has 0 spiro atoms. The van der Waals surface area contributed by atoms with Gasteiger partial charge in [-0.15, -0.1) is 0 Å². The van der Waals surface area contributed by atoms with Crippen LogP contribution in [0.25, 0.3) is 11.3 Å². The van der Waals surface area contributed by atoms with Crippen LogP contribution in [-0.2, 0) is 0 Å². The number of piperidine rings is 1. The van der Waals surface area contributed by atoms with Crippen molar-refractivity contribution in [1.29, 1.82) is 0 Å². The van der Waals surface area contributed by atoms with Crippen LogP contribution in [0.1, 0.15) is 43.7 Å². The third kappa shape index (κ3) is 3.81. The minimum atomic E-state index is 0.439. The molecule has 2 unspecified atom stereocenters. The average molecular weight is 330 g/mol. The molecule has 124 valence electrons. The summed E-state index contributed by atoms with van der Waals surface area (Å²) in [5.41, 5.74) is 3.50. The molecule has 1 aromatic carbocycles. The number of aryl methyl sites for hydroxylation is 1. The summed E-state index contributed by atoms with van der Waals surface area (Å²) in [5.74, 6) is 1.15. The second kappa shape index (κ2) is 7.54. The van der Waals surface area contributed by atoms with Gasteiger partial charge in [-0.25, -0.2) is 4.98 Å². The van der Waals surface area contributed by atoms with Gasteiger partial charge in [-0.3, -0.25) is 4.90 Å². The second-order valence-corrected chi connectivity index (χ2v) is 7.78. The van der Waals surface area contributed by atoms with Crippen molar-refractivity contribution in [3.63, 3.8) is 0 Å². The van der Waals surface area contributed by atoms with E-state index in [2.05, 4.69) is 60.3 Å². The molecule has 1 saturated heterocycles. The van der Waals surface area contributed by atoms with Gasteiger partial charge in [0.1, 0.15) is 5.82 Å². The van der Waals surface area contributed by atoms with Crippen molar-refractivity contribution in [3.8, 4) is 11.3 Å². The first-order valence-electron chi connectivity index (χ1n) is 8.58. The standard InChI is InChI=1S/C19H27N3S/c1-14(23-3)13-22-12-8-7-11-17(22)19-20-15(2)18(21-19)16-9-5-4-6-10-16/h4-6,9-10,14,17H,7-8,11-13H2,1-3H3,(H,20,21).